The highest BCUT2D eigenvalue weighted by Crippen LogP contribution is 2.28. The van der Waals surface area contributed by atoms with Crippen LogP contribution in [0.1, 0.15) is 49.4 Å². The molecule has 1 saturated carbocycles. The van der Waals surface area contributed by atoms with Crippen LogP contribution in [0.25, 0.3) is 0 Å². The first-order chi connectivity index (χ1) is 12.6. The highest BCUT2D eigenvalue weighted by atomic mass is 19.4. The number of benzene rings is 1. The molecular weight excluding hydrogens is 365 g/mol. The highest BCUT2D eigenvalue weighted by Gasteiger charge is 2.35. The molecule has 0 spiro atoms. The van der Waals surface area contributed by atoms with Gasteiger partial charge in [0, 0.05) is 0 Å². The zero-order valence-electron chi connectivity index (χ0n) is 14.6. The number of carbonyl (C=O) groups excluding carboxylic acids is 2. The number of amides is 1. The summed E-state index contributed by atoms with van der Waals surface area (Å²) in [6.45, 7) is 1.36. The summed E-state index contributed by atoms with van der Waals surface area (Å²) in [5.74, 6) is -1.94. The van der Waals surface area contributed by atoms with Crippen molar-refractivity contribution < 1.29 is 32.2 Å². The van der Waals surface area contributed by atoms with Gasteiger partial charge in [-0.3, -0.25) is 4.79 Å². The lowest BCUT2D eigenvalue weighted by atomic mass is 9.83. The Bertz CT molecular complexity index is 720. The molecule has 0 saturated heterocycles. The van der Waals surface area contributed by atoms with E-state index in [2.05, 4.69) is 16.1 Å². The number of nitrogens with zero attached hydrogens (tertiary/aromatic N) is 1. The molecule has 9 heteroatoms. The number of ether oxygens (including phenoxy) is 2. The van der Waals surface area contributed by atoms with Crippen molar-refractivity contribution in [1.29, 1.82) is 5.26 Å². The van der Waals surface area contributed by atoms with Crippen molar-refractivity contribution in [2.45, 2.75) is 57.0 Å². The summed E-state index contributed by atoms with van der Waals surface area (Å²) >= 11 is 0. The lowest BCUT2D eigenvalue weighted by molar-refractivity contribution is -0.274. The third-order valence-electron chi connectivity index (χ3n) is 4.26. The average molecular weight is 384 g/mol. The van der Waals surface area contributed by atoms with Crippen LogP contribution in [0, 0.1) is 11.3 Å². The smallest absolute Gasteiger partial charge is 0.449 e. The standard InChI is InChI=1S/C18H19F3N2O4/c1-12(15(24)23-17(11-22)9-3-2-4-10-17)26-16(25)13-5-7-14(8-6-13)27-18(19,20)21/h5-8,12H,2-4,9-10H2,1H3,(H,23,24). The van der Waals surface area contributed by atoms with Crippen molar-refractivity contribution in [2.75, 3.05) is 0 Å². The normalized spacial score (nSPS) is 17.3. The Hall–Kier alpha value is -2.76. The van der Waals surface area contributed by atoms with Crippen LogP contribution >= 0.6 is 0 Å². The monoisotopic (exact) mass is 384 g/mol. The van der Waals surface area contributed by atoms with Gasteiger partial charge in [0.1, 0.15) is 11.3 Å². The highest BCUT2D eigenvalue weighted by molar-refractivity contribution is 5.92. The predicted molar refractivity (Wildman–Crippen MR) is 87.6 cm³/mol. The minimum atomic E-state index is -4.83. The van der Waals surface area contributed by atoms with Crippen LogP contribution in [-0.4, -0.2) is 29.9 Å². The van der Waals surface area contributed by atoms with Gasteiger partial charge in [-0.2, -0.15) is 5.26 Å². The molecule has 1 aromatic rings. The summed E-state index contributed by atoms with van der Waals surface area (Å²) in [5, 5.41) is 12.0. The molecule has 1 aliphatic carbocycles. The Morgan fingerprint density at radius 2 is 1.78 bits per heavy atom. The molecule has 1 atom stereocenters. The Balaban J connectivity index is 1.94. The zero-order chi connectivity index (χ0) is 20.1. The molecule has 0 aromatic heterocycles. The van der Waals surface area contributed by atoms with Crippen LogP contribution in [0.2, 0.25) is 0 Å². The van der Waals surface area contributed by atoms with E-state index in [-0.39, 0.29) is 5.56 Å². The number of hydrogen-bond acceptors (Lipinski definition) is 5. The van der Waals surface area contributed by atoms with E-state index in [0.29, 0.717) is 12.8 Å². The lowest BCUT2D eigenvalue weighted by Crippen LogP contribution is -2.52. The molecule has 1 aromatic carbocycles. The first kappa shape index (κ1) is 20.6. The summed E-state index contributed by atoms with van der Waals surface area (Å²) in [7, 11) is 0. The molecule has 0 radical (unpaired) electrons. The molecule has 0 heterocycles. The number of hydrogen-bond donors (Lipinski definition) is 1. The van der Waals surface area contributed by atoms with Crippen LogP contribution in [0.15, 0.2) is 24.3 Å². The summed E-state index contributed by atoms with van der Waals surface area (Å²) in [4.78, 5) is 24.3. The maximum Gasteiger partial charge on any atom is 0.573 e. The van der Waals surface area contributed by atoms with Crippen molar-refractivity contribution in [3.63, 3.8) is 0 Å². The van der Waals surface area contributed by atoms with E-state index in [9.17, 15) is 28.0 Å². The number of nitrogens with one attached hydrogen (secondary N) is 1. The zero-order valence-corrected chi connectivity index (χ0v) is 14.6. The Labute approximate surface area is 154 Å². The summed E-state index contributed by atoms with van der Waals surface area (Å²) in [6.07, 6.45) is -2.26. The minimum absolute atomic E-state index is 0.0307. The second kappa shape index (κ2) is 8.29. The molecule has 1 aliphatic rings. The number of rotatable bonds is 5. The van der Waals surface area contributed by atoms with Crippen molar-refractivity contribution in [3.05, 3.63) is 29.8 Å². The average Bonchev–Trinajstić information content (AvgIpc) is 2.61. The fourth-order valence-electron chi connectivity index (χ4n) is 2.83. The van der Waals surface area contributed by atoms with Gasteiger partial charge in [-0.05, 0) is 44.0 Å². The Kier molecular flexibility index (Phi) is 6.31. The quantitative estimate of drug-likeness (QED) is 0.786. The van der Waals surface area contributed by atoms with Gasteiger partial charge in [0.2, 0.25) is 0 Å². The van der Waals surface area contributed by atoms with Gasteiger partial charge < -0.3 is 14.8 Å². The first-order valence-electron chi connectivity index (χ1n) is 8.44. The largest absolute Gasteiger partial charge is 0.573 e. The van der Waals surface area contributed by atoms with Crippen LogP contribution in [-0.2, 0) is 9.53 Å². The molecule has 1 amide bonds. The molecule has 27 heavy (non-hydrogen) atoms. The molecule has 146 valence electrons. The third kappa shape index (κ3) is 5.88. The Morgan fingerprint density at radius 1 is 1.19 bits per heavy atom. The van der Waals surface area contributed by atoms with Gasteiger partial charge in [0.05, 0.1) is 11.6 Å². The fourth-order valence-corrected chi connectivity index (χ4v) is 2.83. The van der Waals surface area contributed by atoms with E-state index in [1.807, 2.05) is 0 Å². The number of alkyl halides is 3. The second-order valence-corrected chi connectivity index (χ2v) is 6.36. The minimum Gasteiger partial charge on any atom is -0.449 e. The van der Waals surface area contributed by atoms with E-state index in [4.69, 9.17) is 4.74 Å². The van der Waals surface area contributed by atoms with Gasteiger partial charge in [-0.1, -0.05) is 19.3 Å². The molecule has 0 bridgehead atoms. The van der Waals surface area contributed by atoms with E-state index in [1.54, 1.807) is 0 Å². The molecule has 1 fully saturated rings. The maximum atomic E-state index is 12.3. The summed E-state index contributed by atoms with van der Waals surface area (Å²) in [5.41, 5.74) is -0.983. The van der Waals surface area contributed by atoms with Crippen LogP contribution in [0.4, 0.5) is 13.2 Å². The molecule has 1 N–H and O–H groups in total. The van der Waals surface area contributed by atoms with Crippen molar-refractivity contribution in [3.8, 4) is 11.8 Å². The third-order valence-corrected chi connectivity index (χ3v) is 4.26. The maximum absolute atomic E-state index is 12.3. The van der Waals surface area contributed by atoms with E-state index >= 15 is 0 Å². The van der Waals surface area contributed by atoms with Crippen molar-refractivity contribution in [1.82, 2.24) is 5.32 Å². The van der Waals surface area contributed by atoms with Crippen LogP contribution in [0.5, 0.6) is 5.75 Å². The number of esters is 1. The van der Waals surface area contributed by atoms with Gasteiger partial charge in [0.25, 0.3) is 5.91 Å². The molecule has 2 rings (SSSR count). The van der Waals surface area contributed by atoms with Gasteiger partial charge >= 0.3 is 12.3 Å². The molecular formula is C18H19F3N2O4. The first-order valence-corrected chi connectivity index (χ1v) is 8.44. The molecule has 0 aliphatic heterocycles. The van der Waals surface area contributed by atoms with E-state index in [1.165, 1.54) is 6.92 Å². The van der Waals surface area contributed by atoms with Crippen LogP contribution < -0.4 is 10.1 Å². The Morgan fingerprint density at radius 3 is 2.30 bits per heavy atom. The SMILES string of the molecule is CC(OC(=O)c1ccc(OC(F)(F)F)cc1)C(=O)NC1(C#N)CCCCC1. The number of halogens is 3. The van der Waals surface area contributed by atoms with Crippen molar-refractivity contribution >= 4 is 11.9 Å². The van der Waals surface area contributed by atoms with Crippen molar-refractivity contribution in [2.24, 2.45) is 0 Å². The molecule has 6 nitrogen and oxygen atoms in total. The predicted octanol–water partition coefficient (Wildman–Crippen LogP) is 3.47. The summed E-state index contributed by atoms with van der Waals surface area (Å²) in [6, 6.07) is 6.29. The van der Waals surface area contributed by atoms with E-state index < -0.39 is 35.6 Å². The number of carbonyl (C=O) groups is 2. The summed E-state index contributed by atoms with van der Waals surface area (Å²) < 4.78 is 45.2. The topological polar surface area (TPSA) is 88.4 Å². The van der Waals surface area contributed by atoms with Crippen LogP contribution in [0.3, 0.4) is 0 Å². The number of nitriles is 1. The molecule has 1 unspecified atom stereocenters. The van der Waals surface area contributed by atoms with E-state index in [0.717, 1.165) is 43.5 Å². The second-order valence-electron chi connectivity index (χ2n) is 6.36. The van der Waals surface area contributed by atoms with Gasteiger partial charge in [0.15, 0.2) is 6.10 Å². The van der Waals surface area contributed by atoms with Gasteiger partial charge in [-0.15, -0.1) is 13.2 Å². The lowest BCUT2D eigenvalue weighted by Gasteiger charge is -2.32. The fraction of sp³-hybridized carbons (Fsp3) is 0.500. The van der Waals surface area contributed by atoms with Gasteiger partial charge in [-0.25, -0.2) is 4.79 Å².